The van der Waals surface area contributed by atoms with Crippen molar-refractivity contribution in [2.45, 2.75) is 19.6 Å². The van der Waals surface area contributed by atoms with Crippen molar-refractivity contribution in [2.75, 3.05) is 26.2 Å². The molecule has 5 nitrogen and oxygen atoms in total. The van der Waals surface area contributed by atoms with Gasteiger partial charge in [-0.05, 0) is 6.92 Å². The fraction of sp³-hybridized carbons (Fsp3) is 0.412. The Morgan fingerprint density at radius 3 is 2.61 bits per heavy atom. The van der Waals surface area contributed by atoms with Crippen LogP contribution in [0.25, 0.3) is 10.6 Å². The number of carbonyl (C=O) groups excluding carboxylic acids is 1. The Morgan fingerprint density at radius 1 is 1.26 bits per heavy atom. The molecule has 1 unspecified atom stereocenters. The largest absolute Gasteiger partial charge is 0.384 e. The maximum Gasteiger partial charge on any atom is 0.251 e. The Kier molecular flexibility index (Phi) is 5.05. The number of aliphatic hydroxyl groups excluding tert-OH is 1. The molecule has 1 aliphatic rings. The van der Waals surface area contributed by atoms with Crippen LogP contribution in [-0.2, 0) is 11.3 Å². The maximum absolute atomic E-state index is 11.8. The molecule has 1 fully saturated rings. The lowest BCUT2D eigenvalue weighted by molar-refractivity contribution is -0.141. The molecule has 1 aromatic heterocycles. The molecule has 2 heterocycles. The number of aliphatic hydroxyl groups is 1. The van der Waals surface area contributed by atoms with Crippen molar-refractivity contribution in [3.63, 3.8) is 0 Å². The van der Waals surface area contributed by atoms with Crippen molar-refractivity contribution in [1.82, 2.24) is 14.8 Å². The van der Waals surface area contributed by atoms with E-state index < -0.39 is 6.10 Å². The molecule has 0 radical (unpaired) electrons. The molecular weight excluding hydrogens is 310 g/mol. The van der Waals surface area contributed by atoms with Crippen LogP contribution in [0.1, 0.15) is 11.8 Å². The molecule has 1 atom stereocenters. The maximum atomic E-state index is 11.8. The van der Waals surface area contributed by atoms with Crippen LogP contribution in [0, 0.1) is 0 Å². The molecule has 0 saturated carbocycles. The fourth-order valence-electron chi connectivity index (χ4n) is 2.71. The molecule has 0 bridgehead atoms. The summed E-state index contributed by atoms with van der Waals surface area (Å²) in [6.45, 7) is 5.40. The number of piperazine rings is 1. The molecular formula is C17H21N3O2S. The smallest absolute Gasteiger partial charge is 0.251 e. The van der Waals surface area contributed by atoms with E-state index in [2.05, 4.69) is 22.0 Å². The predicted molar refractivity (Wildman–Crippen MR) is 91.1 cm³/mol. The first kappa shape index (κ1) is 16.1. The predicted octanol–water partition coefficient (Wildman–Crippen LogP) is 1.84. The van der Waals surface area contributed by atoms with Crippen LogP contribution in [0.15, 0.2) is 36.5 Å². The van der Waals surface area contributed by atoms with Gasteiger partial charge in [0.25, 0.3) is 5.91 Å². The van der Waals surface area contributed by atoms with Gasteiger partial charge in [0.1, 0.15) is 11.1 Å². The zero-order valence-corrected chi connectivity index (χ0v) is 14.0. The van der Waals surface area contributed by atoms with Crippen LogP contribution in [0.2, 0.25) is 0 Å². The second-order valence-electron chi connectivity index (χ2n) is 5.78. The summed E-state index contributed by atoms with van der Waals surface area (Å²) >= 11 is 1.72. The van der Waals surface area contributed by atoms with E-state index in [4.69, 9.17) is 0 Å². The highest BCUT2D eigenvalue weighted by molar-refractivity contribution is 7.15. The minimum Gasteiger partial charge on any atom is -0.384 e. The SMILES string of the molecule is CC(O)C(=O)N1CCN(Cc2cnc(-c3ccccc3)s2)CC1. The molecule has 1 saturated heterocycles. The molecule has 6 heteroatoms. The van der Waals surface area contributed by atoms with Crippen molar-refractivity contribution >= 4 is 17.2 Å². The Balaban J connectivity index is 1.55. The van der Waals surface area contributed by atoms with Gasteiger partial charge in [-0.25, -0.2) is 4.98 Å². The Labute approximate surface area is 140 Å². The van der Waals surface area contributed by atoms with Crippen molar-refractivity contribution in [2.24, 2.45) is 0 Å². The number of benzene rings is 1. The molecule has 3 rings (SSSR count). The zero-order valence-electron chi connectivity index (χ0n) is 13.2. The quantitative estimate of drug-likeness (QED) is 0.929. The number of carbonyl (C=O) groups is 1. The van der Waals surface area contributed by atoms with E-state index in [-0.39, 0.29) is 5.91 Å². The van der Waals surface area contributed by atoms with Crippen molar-refractivity contribution < 1.29 is 9.90 Å². The summed E-state index contributed by atoms with van der Waals surface area (Å²) in [5.74, 6) is -0.172. The first-order chi connectivity index (χ1) is 11.1. The summed E-state index contributed by atoms with van der Waals surface area (Å²) in [5.41, 5.74) is 1.15. The van der Waals surface area contributed by atoms with Crippen LogP contribution in [0.3, 0.4) is 0 Å². The number of thiazole rings is 1. The van der Waals surface area contributed by atoms with Crippen LogP contribution in [0.4, 0.5) is 0 Å². The lowest BCUT2D eigenvalue weighted by atomic mass is 10.2. The van der Waals surface area contributed by atoms with E-state index in [1.165, 1.54) is 11.8 Å². The third-order valence-corrected chi connectivity index (χ3v) is 5.03. The molecule has 1 aromatic carbocycles. The summed E-state index contributed by atoms with van der Waals surface area (Å²) in [7, 11) is 0. The van der Waals surface area contributed by atoms with Gasteiger partial charge in [-0.3, -0.25) is 9.69 Å². The fourth-order valence-corrected chi connectivity index (χ4v) is 3.67. The number of hydrogen-bond donors (Lipinski definition) is 1. The molecule has 1 N–H and O–H groups in total. The van der Waals surface area contributed by atoms with Gasteiger partial charge in [-0.15, -0.1) is 11.3 Å². The van der Waals surface area contributed by atoms with Gasteiger partial charge in [0, 0.05) is 49.4 Å². The number of aromatic nitrogens is 1. The van der Waals surface area contributed by atoms with Crippen molar-refractivity contribution in [3.8, 4) is 10.6 Å². The first-order valence-electron chi connectivity index (χ1n) is 7.83. The lowest BCUT2D eigenvalue weighted by Gasteiger charge is -2.35. The average molecular weight is 331 g/mol. The monoisotopic (exact) mass is 331 g/mol. The topological polar surface area (TPSA) is 56.7 Å². The minimum absolute atomic E-state index is 0.172. The van der Waals surface area contributed by atoms with Gasteiger partial charge in [-0.2, -0.15) is 0 Å². The van der Waals surface area contributed by atoms with Gasteiger partial charge < -0.3 is 10.0 Å². The van der Waals surface area contributed by atoms with Gasteiger partial charge >= 0.3 is 0 Å². The van der Waals surface area contributed by atoms with Gasteiger partial charge in [0.15, 0.2) is 0 Å². The summed E-state index contributed by atoms with van der Waals surface area (Å²) in [6.07, 6.45) is 1.04. The Hall–Kier alpha value is -1.76. The number of nitrogens with zero attached hydrogens (tertiary/aromatic N) is 3. The Morgan fingerprint density at radius 2 is 1.96 bits per heavy atom. The van der Waals surface area contributed by atoms with Crippen LogP contribution < -0.4 is 0 Å². The summed E-state index contributed by atoms with van der Waals surface area (Å²) < 4.78 is 0. The van der Waals surface area contributed by atoms with E-state index in [0.29, 0.717) is 13.1 Å². The van der Waals surface area contributed by atoms with Gasteiger partial charge in [0.05, 0.1) is 0 Å². The normalized spacial score (nSPS) is 17.2. The highest BCUT2D eigenvalue weighted by Gasteiger charge is 2.23. The molecule has 2 aromatic rings. The van der Waals surface area contributed by atoms with E-state index in [1.807, 2.05) is 24.4 Å². The molecule has 1 aliphatic heterocycles. The third kappa shape index (κ3) is 3.96. The van der Waals surface area contributed by atoms with E-state index >= 15 is 0 Å². The van der Waals surface area contributed by atoms with E-state index in [9.17, 15) is 9.90 Å². The van der Waals surface area contributed by atoms with Crippen LogP contribution >= 0.6 is 11.3 Å². The minimum atomic E-state index is -0.906. The summed E-state index contributed by atoms with van der Waals surface area (Å²) in [5, 5.41) is 10.4. The van der Waals surface area contributed by atoms with Gasteiger partial charge in [0.2, 0.25) is 0 Å². The second-order valence-corrected chi connectivity index (χ2v) is 6.89. The highest BCUT2D eigenvalue weighted by Crippen LogP contribution is 2.25. The number of amides is 1. The molecule has 1 amide bonds. The first-order valence-corrected chi connectivity index (χ1v) is 8.64. The summed E-state index contributed by atoms with van der Waals surface area (Å²) in [4.78, 5) is 21.6. The van der Waals surface area contributed by atoms with Crippen molar-refractivity contribution in [3.05, 3.63) is 41.4 Å². The number of hydrogen-bond acceptors (Lipinski definition) is 5. The van der Waals surface area contributed by atoms with Gasteiger partial charge in [-0.1, -0.05) is 30.3 Å². The van der Waals surface area contributed by atoms with Crippen LogP contribution in [0.5, 0.6) is 0 Å². The lowest BCUT2D eigenvalue weighted by Crippen LogP contribution is -2.50. The molecule has 0 aliphatic carbocycles. The highest BCUT2D eigenvalue weighted by atomic mass is 32.1. The summed E-state index contributed by atoms with van der Waals surface area (Å²) in [6, 6.07) is 10.2. The third-order valence-electron chi connectivity index (χ3n) is 4.00. The van der Waals surface area contributed by atoms with Crippen molar-refractivity contribution in [1.29, 1.82) is 0 Å². The standard InChI is InChI=1S/C17H21N3O2S/c1-13(21)17(22)20-9-7-19(8-10-20)12-15-11-18-16(23-15)14-5-3-2-4-6-14/h2-6,11,13,21H,7-10,12H2,1H3. The average Bonchev–Trinajstić information content (AvgIpc) is 3.04. The second kappa shape index (κ2) is 7.21. The van der Waals surface area contributed by atoms with E-state index in [1.54, 1.807) is 16.2 Å². The molecule has 122 valence electrons. The Bertz CT molecular complexity index is 649. The molecule has 23 heavy (non-hydrogen) atoms. The zero-order chi connectivity index (χ0) is 16.2. The molecule has 0 spiro atoms. The van der Waals surface area contributed by atoms with Crippen LogP contribution in [-0.4, -0.2) is 58.1 Å². The number of rotatable bonds is 4. The van der Waals surface area contributed by atoms with E-state index in [0.717, 1.165) is 30.2 Å².